The molecular formula is C47H49GeIrN3O-2. The van der Waals surface area contributed by atoms with E-state index < -0.39 is 31.4 Å². The molecule has 1 radical (unpaired) electrons. The van der Waals surface area contributed by atoms with Crippen LogP contribution in [0.3, 0.4) is 0 Å². The largest absolute Gasteiger partial charge is 0.486 e. The average Bonchev–Trinajstić information content (AvgIpc) is 3.87. The monoisotopic (exact) mass is 942 g/mol. The molecule has 7 aromatic rings. The summed E-state index contributed by atoms with van der Waals surface area (Å²) in [6.07, 6.45) is 4.90. The maximum absolute atomic E-state index is 8.77. The van der Waals surface area contributed by atoms with Crippen molar-refractivity contribution in [2.24, 2.45) is 11.3 Å². The number of aromatic nitrogens is 3. The Morgan fingerprint density at radius 2 is 1.58 bits per heavy atom. The molecule has 4 nitrogen and oxygen atoms in total. The number of furan rings is 1. The minimum Gasteiger partial charge on any atom is -0.486 e. The molecule has 0 saturated heterocycles. The third-order valence-electron chi connectivity index (χ3n) is 9.32. The summed E-state index contributed by atoms with van der Waals surface area (Å²) in [5, 5.41) is 1.90. The molecular weight excluding hydrogens is 887 g/mol. The summed E-state index contributed by atoms with van der Waals surface area (Å²) in [6, 6.07) is 37.8. The van der Waals surface area contributed by atoms with Crippen molar-refractivity contribution in [3.05, 3.63) is 133 Å². The molecule has 1 saturated carbocycles. The first-order valence-electron chi connectivity index (χ1n) is 20.3. The van der Waals surface area contributed by atoms with Crippen molar-refractivity contribution in [3.8, 4) is 33.8 Å². The van der Waals surface area contributed by atoms with E-state index in [1.807, 2.05) is 118 Å². The molecule has 273 valence electrons. The van der Waals surface area contributed by atoms with Gasteiger partial charge in [0.15, 0.2) is 0 Å². The fourth-order valence-electron chi connectivity index (χ4n) is 6.81. The Bertz CT molecular complexity index is 2470. The summed E-state index contributed by atoms with van der Waals surface area (Å²) in [7, 11) is 0. The molecule has 1 aliphatic rings. The Kier molecular flexibility index (Phi) is 10.6. The van der Waals surface area contributed by atoms with Gasteiger partial charge in [0.1, 0.15) is 0 Å². The fourth-order valence-corrected chi connectivity index (χ4v) is 9.73. The fraction of sp³-hybridized carbons (Fsp3) is 0.298. The minimum absolute atomic E-state index is 0. The van der Waals surface area contributed by atoms with Gasteiger partial charge in [-0.1, -0.05) is 78.6 Å². The minimum atomic E-state index is -2.24. The SMILES string of the molecule is [2H]C([2H])(c1cc(-c2[c-]cccc2)nc[c]1[Ge]([CH3])([CH3])[CH3])C(C)(C)C.[2H]C([2H])(c1ccnc(-c2[c-]ccc3c2oc2nc(-c4ccccc4)ccc23)c1)C1CCCC1.[Ir]. The van der Waals surface area contributed by atoms with Gasteiger partial charge in [-0.15, -0.1) is 18.2 Å². The standard InChI is InChI=1S/C28H23N2O.C19H26GeN.Ir/c1-2-9-21(10-3-1)25-14-13-23-22-11-6-12-24(27(22)31-28(23)30-25)26-18-20(15-16-29-26)17-19-7-4-5-8-19;1-19(2,3)13-16-12-18(15-10-8-7-9-11-15)21-14-17(16)20(4,5)6;/h1-3,6,9-11,13-16,18-19H,4-5,7-8,17H2;7-10,12,14H,13H2,1-6H3;/q2*-1;/i17D2;13D2;. The van der Waals surface area contributed by atoms with Gasteiger partial charge in [0.05, 0.1) is 11.3 Å². The van der Waals surface area contributed by atoms with Crippen molar-refractivity contribution >= 4 is 39.7 Å². The number of rotatable bonds is 7. The quantitative estimate of drug-likeness (QED) is 0.118. The molecule has 53 heavy (non-hydrogen) atoms. The Morgan fingerprint density at radius 3 is 2.30 bits per heavy atom. The van der Waals surface area contributed by atoms with Gasteiger partial charge in [-0.05, 0) is 36.2 Å². The third-order valence-corrected chi connectivity index (χ3v) is 13.5. The first-order valence-corrected chi connectivity index (χ1v) is 25.6. The summed E-state index contributed by atoms with van der Waals surface area (Å²) in [5.74, 6) is 6.91. The summed E-state index contributed by atoms with van der Waals surface area (Å²) < 4.78 is 42.5. The van der Waals surface area contributed by atoms with Crippen molar-refractivity contribution in [3.63, 3.8) is 0 Å². The molecule has 3 aromatic carbocycles. The van der Waals surface area contributed by atoms with Gasteiger partial charge in [-0.2, -0.15) is 0 Å². The third kappa shape index (κ3) is 9.43. The van der Waals surface area contributed by atoms with Crippen LogP contribution in [0.2, 0.25) is 17.3 Å². The van der Waals surface area contributed by atoms with Crippen molar-refractivity contribution in [1.82, 2.24) is 15.0 Å². The second-order valence-electron chi connectivity index (χ2n) is 15.7. The van der Waals surface area contributed by atoms with Gasteiger partial charge in [0, 0.05) is 40.0 Å². The van der Waals surface area contributed by atoms with Gasteiger partial charge in [-0.25, -0.2) is 4.98 Å². The summed E-state index contributed by atoms with van der Waals surface area (Å²) >= 11 is -2.24. The summed E-state index contributed by atoms with van der Waals surface area (Å²) in [4.78, 5) is 13.9. The van der Waals surface area contributed by atoms with E-state index in [0.29, 0.717) is 22.6 Å². The van der Waals surface area contributed by atoms with E-state index in [2.05, 4.69) is 39.4 Å². The van der Waals surface area contributed by atoms with Crippen LogP contribution in [-0.2, 0) is 32.9 Å². The zero-order valence-corrected chi connectivity index (χ0v) is 35.9. The molecule has 0 aliphatic heterocycles. The Balaban J connectivity index is 0.000000203. The Hall–Kier alpha value is -3.90. The van der Waals surface area contributed by atoms with Crippen molar-refractivity contribution in [2.45, 2.75) is 76.5 Å². The molecule has 1 aliphatic carbocycles. The van der Waals surface area contributed by atoms with Gasteiger partial charge >= 0.3 is 135 Å². The maximum atomic E-state index is 8.77. The zero-order chi connectivity index (χ0) is 39.9. The molecule has 1 fully saturated rings. The van der Waals surface area contributed by atoms with Crippen LogP contribution < -0.4 is 4.40 Å². The summed E-state index contributed by atoms with van der Waals surface area (Å²) in [5.41, 5.74) is 7.25. The van der Waals surface area contributed by atoms with Crippen molar-refractivity contribution in [2.75, 3.05) is 0 Å². The van der Waals surface area contributed by atoms with Crippen LogP contribution in [0.15, 0.2) is 114 Å². The van der Waals surface area contributed by atoms with Crippen LogP contribution in [0.1, 0.15) is 63.1 Å². The first kappa shape index (κ1) is 33.7. The Labute approximate surface area is 337 Å². The van der Waals surface area contributed by atoms with Gasteiger partial charge < -0.3 is 9.40 Å². The van der Waals surface area contributed by atoms with Crippen LogP contribution in [0.4, 0.5) is 0 Å². The van der Waals surface area contributed by atoms with Crippen LogP contribution in [-0.4, -0.2) is 28.2 Å². The number of hydrogen-bond donors (Lipinski definition) is 0. The molecule has 0 spiro atoms. The molecule has 0 unspecified atom stereocenters. The average molecular weight is 941 g/mol. The molecule has 8 rings (SSSR count). The molecule has 0 bridgehead atoms. The normalized spacial score (nSPS) is 15.1. The van der Waals surface area contributed by atoms with E-state index >= 15 is 0 Å². The van der Waals surface area contributed by atoms with E-state index in [1.165, 1.54) is 0 Å². The van der Waals surface area contributed by atoms with Crippen LogP contribution in [0, 0.1) is 23.5 Å². The smallest absolute Gasteiger partial charge is 0.216 e. The van der Waals surface area contributed by atoms with Gasteiger partial charge in [0.2, 0.25) is 5.71 Å². The molecule has 4 aromatic heterocycles. The van der Waals surface area contributed by atoms with E-state index in [4.69, 9.17) is 14.9 Å². The van der Waals surface area contributed by atoms with Gasteiger partial charge in [-0.3, -0.25) is 0 Å². The van der Waals surface area contributed by atoms with E-state index in [0.717, 1.165) is 74.5 Å². The van der Waals surface area contributed by atoms with Crippen molar-refractivity contribution in [1.29, 1.82) is 0 Å². The summed E-state index contributed by atoms with van der Waals surface area (Å²) in [6.45, 7) is 5.88. The Morgan fingerprint density at radius 1 is 0.811 bits per heavy atom. The van der Waals surface area contributed by atoms with Crippen LogP contribution in [0.5, 0.6) is 0 Å². The van der Waals surface area contributed by atoms with E-state index in [-0.39, 0.29) is 26.0 Å². The second-order valence-corrected chi connectivity index (χ2v) is 26.3. The molecule has 6 heteroatoms. The molecule has 0 amide bonds. The van der Waals surface area contributed by atoms with Crippen molar-refractivity contribution < 1.29 is 30.0 Å². The van der Waals surface area contributed by atoms with Crippen LogP contribution in [0.25, 0.3) is 55.8 Å². The molecule has 0 atom stereocenters. The second kappa shape index (κ2) is 16.6. The number of benzene rings is 3. The van der Waals surface area contributed by atoms with E-state index in [9.17, 15) is 0 Å². The predicted molar refractivity (Wildman–Crippen MR) is 219 cm³/mol. The first-order chi connectivity index (χ1) is 26.6. The number of hydrogen-bond acceptors (Lipinski definition) is 4. The molecule has 4 heterocycles. The number of nitrogens with zero attached hydrogens (tertiary/aromatic N) is 3. The topological polar surface area (TPSA) is 51.8 Å². The number of pyridine rings is 3. The van der Waals surface area contributed by atoms with Gasteiger partial charge in [0.25, 0.3) is 0 Å². The maximum Gasteiger partial charge on any atom is 0.216 e. The van der Waals surface area contributed by atoms with Crippen LogP contribution >= 0.6 is 0 Å². The number of fused-ring (bicyclic) bond motifs is 3. The van der Waals surface area contributed by atoms with E-state index in [1.54, 1.807) is 12.3 Å². The molecule has 0 N–H and O–H groups in total. The predicted octanol–water partition coefficient (Wildman–Crippen LogP) is 11.9. The zero-order valence-electron chi connectivity index (χ0n) is 35.4.